The SMILES string of the molecule is CN1CCN(c2ccccc2OCCCCC(=O)N2CCC(Cc3ccccc3)CC2)CC1. The first-order valence-electron chi connectivity index (χ1n) is 12.7. The molecule has 0 aliphatic carbocycles. The molecule has 2 aliphatic heterocycles. The summed E-state index contributed by atoms with van der Waals surface area (Å²) in [5, 5.41) is 0. The average molecular weight is 450 g/mol. The summed E-state index contributed by atoms with van der Waals surface area (Å²) in [4.78, 5) is 19.5. The summed E-state index contributed by atoms with van der Waals surface area (Å²) in [7, 11) is 2.17. The average Bonchev–Trinajstić information content (AvgIpc) is 2.86. The van der Waals surface area contributed by atoms with Crippen LogP contribution in [0.3, 0.4) is 0 Å². The van der Waals surface area contributed by atoms with Crippen LogP contribution in [0.25, 0.3) is 0 Å². The number of nitrogens with zero attached hydrogens (tertiary/aromatic N) is 3. The summed E-state index contributed by atoms with van der Waals surface area (Å²) in [6.45, 7) is 6.72. The van der Waals surface area contributed by atoms with Crippen LogP contribution in [0.5, 0.6) is 5.75 Å². The van der Waals surface area contributed by atoms with Crippen LogP contribution in [0.2, 0.25) is 0 Å². The van der Waals surface area contributed by atoms with Gasteiger partial charge in [0.1, 0.15) is 5.75 Å². The summed E-state index contributed by atoms with van der Waals surface area (Å²) >= 11 is 0. The molecule has 0 aromatic heterocycles. The summed E-state index contributed by atoms with van der Waals surface area (Å²) < 4.78 is 6.13. The van der Waals surface area contributed by atoms with Gasteiger partial charge in [-0.15, -0.1) is 0 Å². The van der Waals surface area contributed by atoms with E-state index in [0.29, 0.717) is 24.9 Å². The summed E-state index contributed by atoms with van der Waals surface area (Å²) in [6, 6.07) is 19.1. The second kappa shape index (κ2) is 12.1. The van der Waals surface area contributed by atoms with E-state index in [2.05, 4.69) is 70.3 Å². The summed E-state index contributed by atoms with van der Waals surface area (Å²) in [6.07, 6.45) is 5.80. The van der Waals surface area contributed by atoms with Crippen molar-refractivity contribution in [2.24, 2.45) is 5.92 Å². The number of likely N-dealkylation sites (N-methyl/N-ethyl adjacent to an activating group) is 1. The van der Waals surface area contributed by atoms with Crippen molar-refractivity contribution in [3.63, 3.8) is 0 Å². The van der Waals surface area contributed by atoms with Crippen LogP contribution >= 0.6 is 0 Å². The van der Waals surface area contributed by atoms with Crippen LogP contribution in [0.1, 0.15) is 37.7 Å². The Bertz CT molecular complexity index is 856. The van der Waals surface area contributed by atoms with Gasteiger partial charge < -0.3 is 19.4 Å². The highest BCUT2D eigenvalue weighted by molar-refractivity contribution is 5.76. The fraction of sp³-hybridized carbons (Fsp3) is 0.536. The van der Waals surface area contributed by atoms with Gasteiger partial charge in [-0.1, -0.05) is 42.5 Å². The normalized spacial score (nSPS) is 17.8. The Morgan fingerprint density at radius 1 is 0.879 bits per heavy atom. The van der Waals surface area contributed by atoms with Crippen molar-refractivity contribution in [1.82, 2.24) is 9.80 Å². The fourth-order valence-electron chi connectivity index (χ4n) is 4.94. The standard InChI is InChI=1S/C28H39N3O2/c1-29-18-20-30(21-19-29)26-11-5-6-12-27(26)33-22-8-7-13-28(32)31-16-14-25(15-17-31)23-24-9-3-2-4-10-24/h2-6,9-12,25H,7-8,13-23H2,1H3. The monoisotopic (exact) mass is 449 g/mol. The number of carbonyl (C=O) groups is 1. The van der Waals surface area contributed by atoms with Crippen molar-refractivity contribution in [3.05, 3.63) is 60.2 Å². The van der Waals surface area contributed by atoms with Gasteiger partial charge in [-0.3, -0.25) is 4.79 Å². The zero-order valence-electron chi connectivity index (χ0n) is 20.1. The first kappa shape index (κ1) is 23.6. The Morgan fingerprint density at radius 3 is 2.33 bits per heavy atom. The number of hydrogen-bond donors (Lipinski definition) is 0. The zero-order chi connectivity index (χ0) is 22.9. The van der Waals surface area contributed by atoms with Gasteiger partial charge in [0.2, 0.25) is 5.91 Å². The number of ether oxygens (including phenoxy) is 1. The lowest BCUT2D eigenvalue weighted by molar-refractivity contribution is -0.132. The molecule has 0 saturated carbocycles. The number of piperidine rings is 1. The molecular formula is C28H39N3O2. The highest BCUT2D eigenvalue weighted by Gasteiger charge is 2.22. The quantitative estimate of drug-likeness (QED) is 0.529. The van der Waals surface area contributed by atoms with Crippen molar-refractivity contribution < 1.29 is 9.53 Å². The van der Waals surface area contributed by atoms with E-state index in [9.17, 15) is 4.79 Å². The minimum atomic E-state index is 0.311. The predicted molar refractivity (Wildman–Crippen MR) is 135 cm³/mol. The third-order valence-electron chi connectivity index (χ3n) is 7.09. The lowest BCUT2D eigenvalue weighted by Crippen LogP contribution is -2.44. The molecule has 5 heteroatoms. The molecule has 178 valence electrons. The largest absolute Gasteiger partial charge is 0.491 e. The van der Waals surface area contributed by atoms with E-state index in [0.717, 1.165) is 77.1 Å². The van der Waals surface area contributed by atoms with Crippen molar-refractivity contribution in [1.29, 1.82) is 0 Å². The molecule has 4 rings (SSSR count). The maximum absolute atomic E-state index is 12.7. The molecule has 0 N–H and O–H groups in total. The molecule has 2 aromatic carbocycles. The molecule has 0 unspecified atom stereocenters. The highest BCUT2D eigenvalue weighted by Crippen LogP contribution is 2.29. The number of amides is 1. The molecule has 2 fully saturated rings. The summed E-state index contributed by atoms with van der Waals surface area (Å²) in [5.74, 6) is 1.98. The number of likely N-dealkylation sites (tertiary alicyclic amines) is 1. The van der Waals surface area contributed by atoms with Gasteiger partial charge >= 0.3 is 0 Å². The van der Waals surface area contributed by atoms with Gasteiger partial charge in [0.25, 0.3) is 0 Å². The van der Waals surface area contributed by atoms with E-state index >= 15 is 0 Å². The number of benzene rings is 2. The third kappa shape index (κ3) is 6.97. The Hall–Kier alpha value is -2.53. The van der Waals surface area contributed by atoms with Gasteiger partial charge in [0.05, 0.1) is 12.3 Å². The van der Waals surface area contributed by atoms with Crippen LogP contribution in [-0.2, 0) is 11.2 Å². The van der Waals surface area contributed by atoms with Crippen LogP contribution in [-0.4, -0.2) is 68.6 Å². The van der Waals surface area contributed by atoms with Gasteiger partial charge in [0, 0.05) is 45.7 Å². The maximum Gasteiger partial charge on any atom is 0.222 e. The molecule has 0 bridgehead atoms. The minimum absolute atomic E-state index is 0.311. The zero-order valence-corrected chi connectivity index (χ0v) is 20.1. The third-order valence-corrected chi connectivity index (χ3v) is 7.09. The molecule has 0 atom stereocenters. The number of anilines is 1. The van der Waals surface area contributed by atoms with Crippen LogP contribution in [0, 0.1) is 5.92 Å². The molecule has 2 saturated heterocycles. The second-order valence-corrected chi connectivity index (χ2v) is 9.58. The number of unbranched alkanes of at least 4 members (excludes halogenated alkanes) is 1. The number of piperazine rings is 1. The first-order valence-corrected chi connectivity index (χ1v) is 12.7. The maximum atomic E-state index is 12.7. The van der Waals surface area contributed by atoms with Crippen LogP contribution in [0.15, 0.2) is 54.6 Å². The lowest BCUT2D eigenvalue weighted by atomic mass is 9.90. The predicted octanol–water partition coefficient (Wildman–Crippen LogP) is 4.47. The minimum Gasteiger partial charge on any atom is -0.491 e. The number of carbonyl (C=O) groups excluding carboxylic acids is 1. The van der Waals surface area contributed by atoms with Crippen molar-refractivity contribution >= 4 is 11.6 Å². The lowest BCUT2D eigenvalue weighted by Gasteiger charge is -2.34. The molecule has 33 heavy (non-hydrogen) atoms. The Kier molecular flexibility index (Phi) is 8.65. The van der Waals surface area contributed by atoms with Gasteiger partial charge in [-0.05, 0) is 62.8 Å². The Labute approximate surface area is 199 Å². The smallest absolute Gasteiger partial charge is 0.222 e. The number of hydrogen-bond acceptors (Lipinski definition) is 4. The second-order valence-electron chi connectivity index (χ2n) is 9.58. The first-order chi connectivity index (χ1) is 16.2. The van der Waals surface area contributed by atoms with E-state index in [4.69, 9.17) is 4.74 Å². The number of rotatable bonds is 9. The molecule has 0 spiro atoms. The van der Waals surface area contributed by atoms with E-state index in [1.807, 2.05) is 6.07 Å². The van der Waals surface area contributed by atoms with Gasteiger partial charge in [-0.2, -0.15) is 0 Å². The van der Waals surface area contributed by atoms with Crippen LogP contribution < -0.4 is 9.64 Å². The molecule has 1 amide bonds. The van der Waals surface area contributed by atoms with Crippen molar-refractivity contribution in [2.75, 3.05) is 57.8 Å². The van der Waals surface area contributed by atoms with Gasteiger partial charge in [0.15, 0.2) is 0 Å². The fourth-order valence-corrected chi connectivity index (χ4v) is 4.94. The van der Waals surface area contributed by atoms with Crippen molar-refractivity contribution in [2.45, 2.75) is 38.5 Å². The van der Waals surface area contributed by atoms with E-state index in [1.54, 1.807) is 0 Å². The van der Waals surface area contributed by atoms with Crippen LogP contribution in [0.4, 0.5) is 5.69 Å². The molecule has 5 nitrogen and oxygen atoms in total. The molecule has 0 radical (unpaired) electrons. The Balaban J connectivity index is 1.13. The number of para-hydroxylation sites is 2. The van der Waals surface area contributed by atoms with E-state index in [1.165, 1.54) is 11.3 Å². The molecule has 2 aliphatic rings. The van der Waals surface area contributed by atoms with Crippen molar-refractivity contribution in [3.8, 4) is 5.75 Å². The topological polar surface area (TPSA) is 36.0 Å². The Morgan fingerprint density at radius 2 is 1.58 bits per heavy atom. The molecule has 2 aromatic rings. The molecule has 2 heterocycles. The van der Waals surface area contributed by atoms with Gasteiger partial charge in [-0.25, -0.2) is 0 Å². The summed E-state index contributed by atoms with van der Waals surface area (Å²) in [5.41, 5.74) is 2.61. The molecular weight excluding hydrogens is 410 g/mol. The van der Waals surface area contributed by atoms with E-state index < -0.39 is 0 Å². The highest BCUT2D eigenvalue weighted by atomic mass is 16.5. The van der Waals surface area contributed by atoms with E-state index in [-0.39, 0.29) is 0 Å².